The maximum atomic E-state index is 14.4. The van der Waals surface area contributed by atoms with Crippen molar-refractivity contribution in [3.63, 3.8) is 0 Å². The molecule has 4 amide bonds. The number of hydrogen-bond donors (Lipinski definition) is 2. The molecule has 0 aliphatic carbocycles. The molecule has 0 saturated carbocycles. The SMILES string of the molecule is COc1cc(N2C(=O)c3ccc(-c4ccc(N)cc4)cc3C2=O)ccc1S(=O)(=O)c1ccc(N2C(=O)c3ccc(-c4ccc(N)cc4)cc3C2=O)c(OC)c1OC. The maximum Gasteiger partial charge on any atom is 0.266 e. The van der Waals surface area contributed by atoms with Gasteiger partial charge in [0.25, 0.3) is 23.6 Å². The van der Waals surface area contributed by atoms with Crippen molar-refractivity contribution in [1.82, 2.24) is 0 Å². The van der Waals surface area contributed by atoms with Gasteiger partial charge in [0.1, 0.15) is 15.5 Å². The van der Waals surface area contributed by atoms with Crippen LogP contribution in [0.25, 0.3) is 22.3 Å². The van der Waals surface area contributed by atoms with Crippen LogP contribution < -0.4 is 35.5 Å². The summed E-state index contributed by atoms with van der Waals surface area (Å²) in [6.45, 7) is 0. The van der Waals surface area contributed by atoms with Gasteiger partial charge >= 0.3 is 0 Å². The largest absolute Gasteiger partial charge is 0.495 e. The topological polar surface area (TPSA) is 189 Å². The normalized spacial score (nSPS) is 13.5. The van der Waals surface area contributed by atoms with Crippen molar-refractivity contribution < 1.29 is 41.8 Å². The lowest BCUT2D eigenvalue weighted by Crippen LogP contribution is -2.30. The number of anilines is 4. The molecule has 6 aromatic rings. The Kier molecular flexibility index (Phi) is 8.77. The second-order valence-corrected chi connectivity index (χ2v) is 15.0. The highest BCUT2D eigenvalue weighted by Crippen LogP contribution is 2.47. The molecule has 0 atom stereocenters. The van der Waals surface area contributed by atoms with E-state index in [1.807, 2.05) is 12.1 Å². The number of sulfone groups is 1. The Hall–Kier alpha value is -7.45. The first kappa shape index (κ1) is 36.5. The van der Waals surface area contributed by atoms with Crippen LogP contribution in [0.2, 0.25) is 0 Å². The van der Waals surface area contributed by atoms with Crippen molar-refractivity contribution in [3.05, 3.63) is 138 Å². The molecule has 0 spiro atoms. The lowest BCUT2D eigenvalue weighted by Gasteiger charge is -2.22. The van der Waals surface area contributed by atoms with Crippen molar-refractivity contribution in [2.45, 2.75) is 9.79 Å². The van der Waals surface area contributed by atoms with Crippen LogP contribution in [0.15, 0.2) is 125 Å². The number of ether oxygens (including phenoxy) is 3. The van der Waals surface area contributed by atoms with Crippen LogP contribution in [-0.4, -0.2) is 53.4 Å². The summed E-state index contributed by atoms with van der Waals surface area (Å²) in [6, 6.07) is 30.3. The van der Waals surface area contributed by atoms with E-state index in [1.54, 1.807) is 72.8 Å². The molecule has 57 heavy (non-hydrogen) atoms. The number of nitrogens with zero attached hydrogens (tertiary/aromatic N) is 2. The van der Waals surface area contributed by atoms with Gasteiger partial charge in [-0.3, -0.25) is 19.2 Å². The number of methoxy groups -OCH3 is 3. The Morgan fingerprint density at radius 2 is 0.912 bits per heavy atom. The number of amides is 4. The number of benzene rings is 6. The number of nitrogen functional groups attached to an aromatic ring is 2. The minimum Gasteiger partial charge on any atom is -0.495 e. The predicted octanol–water partition coefficient (Wildman–Crippen LogP) is 6.64. The van der Waals surface area contributed by atoms with Crippen LogP contribution in [0.3, 0.4) is 0 Å². The molecule has 4 N–H and O–H groups in total. The third-order valence-corrected chi connectivity index (χ3v) is 11.8. The van der Waals surface area contributed by atoms with Gasteiger partial charge in [0.2, 0.25) is 9.84 Å². The molecule has 0 aromatic heterocycles. The first-order valence-corrected chi connectivity index (χ1v) is 18.8. The molecule has 0 bridgehead atoms. The van der Waals surface area contributed by atoms with E-state index in [-0.39, 0.29) is 60.7 Å². The average molecular weight is 781 g/mol. The van der Waals surface area contributed by atoms with Crippen LogP contribution in [-0.2, 0) is 9.84 Å². The van der Waals surface area contributed by atoms with Gasteiger partial charge in [0, 0.05) is 17.4 Å². The standard InChI is InChI=1S/C43H32N4O9S/c1-54-35-22-29(46-40(48)30-15-8-25(20-32(30)42(46)50)23-4-10-27(44)11-5-23)14-18-36(35)57(52,53)37-19-17-34(38(55-2)39(37)56-3)47-41(49)31-16-9-26(21-33(31)43(47)51)24-6-12-28(45)13-7-24/h4-22H,44-45H2,1-3H3. The van der Waals surface area contributed by atoms with Crippen molar-refractivity contribution in [2.75, 3.05) is 42.6 Å². The van der Waals surface area contributed by atoms with Crippen molar-refractivity contribution >= 4 is 56.2 Å². The fourth-order valence-electron chi connectivity index (χ4n) is 7.09. The molecule has 6 aromatic carbocycles. The van der Waals surface area contributed by atoms with Crippen molar-refractivity contribution in [3.8, 4) is 39.5 Å². The van der Waals surface area contributed by atoms with Crippen LogP contribution >= 0.6 is 0 Å². The van der Waals surface area contributed by atoms with E-state index in [1.165, 1.54) is 51.7 Å². The molecule has 284 valence electrons. The van der Waals surface area contributed by atoms with E-state index in [4.69, 9.17) is 25.7 Å². The number of hydrogen-bond acceptors (Lipinski definition) is 11. The minimum atomic E-state index is -4.50. The molecule has 0 unspecified atom stereocenters. The van der Waals surface area contributed by atoms with Gasteiger partial charge in [-0.2, -0.15) is 0 Å². The number of carbonyl (C=O) groups is 4. The highest BCUT2D eigenvalue weighted by atomic mass is 32.2. The second kappa shape index (κ2) is 13.7. The van der Waals surface area contributed by atoms with Crippen molar-refractivity contribution in [2.24, 2.45) is 0 Å². The molecule has 0 radical (unpaired) electrons. The minimum absolute atomic E-state index is 0.0407. The molecule has 2 aliphatic heterocycles. The zero-order chi connectivity index (χ0) is 40.3. The molecule has 2 aliphatic rings. The highest BCUT2D eigenvalue weighted by Gasteiger charge is 2.41. The lowest BCUT2D eigenvalue weighted by atomic mass is 10.00. The predicted molar refractivity (Wildman–Crippen MR) is 213 cm³/mol. The third kappa shape index (κ3) is 5.81. The molecule has 13 nitrogen and oxygen atoms in total. The number of imide groups is 2. The van der Waals surface area contributed by atoms with Gasteiger partial charge in [-0.05, 0) is 95.1 Å². The summed E-state index contributed by atoms with van der Waals surface area (Å²) < 4.78 is 45.5. The quantitative estimate of drug-likeness (QED) is 0.118. The zero-order valence-electron chi connectivity index (χ0n) is 30.6. The summed E-state index contributed by atoms with van der Waals surface area (Å²) in [5, 5.41) is 0. The van der Waals surface area contributed by atoms with Gasteiger partial charge in [0.05, 0.1) is 55.0 Å². The van der Waals surface area contributed by atoms with E-state index in [2.05, 4.69) is 0 Å². The summed E-state index contributed by atoms with van der Waals surface area (Å²) in [4.78, 5) is 56.0. The number of rotatable bonds is 9. The molecule has 0 saturated heterocycles. The molecule has 0 fully saturated rings. The number of fused-ring (bicyclic) bond motifs is 2. The van der Waals surface area contributed by atoms with E-state index in [0.29, 0.717) is 22.5 Å². The van der Waals surface area contributed by atoms with Gasteiger partial charge in [-0.15, -0.1) is 0 Å². The van der Waals surface area contributed by atoms with Crippen molar-refractivity contribution in [1.29, 1.82) is 0 Å². The fraction of sp³-hybridized carbons (Fsp3) is 0.0698. The summed E-state index contributed by atoms with van der Waals surface area (Å²) in [7, 11) is -0.770. The van der Waals surface area contributed by atoms with Crippen LogP contribution in [0.1, 0.15) is 41.4 Å². The molecule has 2 heterocycles. The van der Waals surface area contributed by atoms with Gasteiger partial charge in [-0.1, -0.05) is 36.4 Å². The summed E-state index contributed by atoms with van der Waals surface area (Å²) in [5.74, 6) is -3.11. The molecular weight excluding hydrogens is 749 g/mol. The van der Waals surface area contributed by atoms with Crippen LogP contribution in [0.5, 0.6) is 17.2 Å². The first-order valence-electron chi connectivity index (χ1n) is 17.3. The number of carbonyl (C=O) groups excluding carboxylic acids is 4. The second-order valence-electron chi connectivity index (χ2n) is 13.1. The Balaban J connectivity index is 1.12. The molecule has 14 heteroatoms. The summed E-state index contributed by atoms with van der Waals surface area (Å²) in [5.41, 5.74) is 16.5. The summed E-state index contributed by atoms with van der Waals surface area (Å²) >= 11 is 0. The van der Waals surface area contributed by atoms with E-state index < -0.39 is 33.5 Å². The van der Waals surface area contributed by atoms with Gasteiger partial charge < -0.3 is 25.7 Å². The zero-order valence-corrected chi connectivity index (χ0v) is 31.4. The average Bonchev–Trinajstić information content (AvgIpc) is 3.62. The smallest absolute Gasteiger partial charge is 0.266 e. The van der Waals surface area contributed by atoms with E-state index >= 15 is 0 Å². The lowest BCUT2D eigenvalue weighted by molar-refractivity contribution is 0.0909. The van der Waals surface area contributed by atoms with Gasteiger partial charge in [0.15, 0.2) is 11.5 Å². The Morgan fingerprint density at radius 1 is 0.456 bits per heavy atom. The Labute approximate surface area is 326 Å². The molecular formula is C43H32N4O9S. The van der Waals surface area contributed by atoms with E-state index in [0.717, 1.165) is 20.9 Å². The number of nitrogens with two attached hydrogens (primary N) is 2. The molecule has 8 rings (SSSR count). The maximum absolute atomic E-state index is 14.4. The van der Waals surface area contributed by atoms with Crippen LogP contribution in [0.4, 0.5) is 22.7 Å². The monoisotopic (exact) mass is 780 g/mol. The van der Waals surface area contributed by atoms with Crippen LogP contribution in [0, 0.1) is 0 Å². The Bertz CT molecular complexity index is 2820. The third-order valence-electron chi connectivity index (χ3n) is 9.95. The first-order chi connectivity index (χ1) is 27.4. The highest BCUT2D eigenvalue weighted by molar-refractivity contribution is 7.91. The van der Waals surface area contributed by atoms with Gasteiger partial charge in [-0.25, -0.2) is 18.2 Å². The fourth-order valence-corrected chi connectivity index (χ4v) is 8.65. The summed E-state index contributed by atoms with van der Waals surface area (Å²) in [6.07, 6.45) is 0. The van der Waals surface area contributed by atoms with E-state index in [9.17, 15) is 27.6 Å². The Morgan fingerprint density at radius 3 is 1.42 bits per heavy atom.